The molecule has 0 atom stereocenters. The van der Waals surface area contributed by atoms with Crippen molar-refractivity contribution in [3.8, 4) is 0 Å². The molecule has 1 fully saturated rings. The number of carbonyl (C=O) groups excluding carboxylic acids is 1. The van der Waals surface area contributed by atoms with Crippen LogP contribution in [0.25, 0.3) is 11.1 Å². The second-order valence-electron chi connectivity index (χ2n) is 5.61. The topological polar surface area (TPSA) is 41.6 Å². The molecular weight excluding hydrogens is 278 g/mol. The molecule has 2 aromatic rings. The Morgan fingerprint density at radius 3 is 2.77 bits per heavy atom. The van der Waals surface area contributed by atoms with Gasteiger partial charge in [-0.05, 0) is 13.5 Å². The van der Waals surface area contributed by atoms with Crippen molar-refractivity contribution in [1.29, 1.82) is 0 Å². The van der Waals surface area contributed by atoms with E-state index in [1.54, 1.807) is 6.26 Å². The lowest BCUT2D eigenvalue weighted by atomic mass is 10.2. The molecule has 5 heteroatoms. The summed E-state index contributed by atoms with van der Waals surface area (Å²) in [6.07, 6.45) is 5.73. The first-order valence-corrected chi connectivity index (χ1v) is 7.94. The molecule has 0 radical (unpaired) electrons. The van der Waals surface area contributed by atoms with Crippen LogP contribution in [0, 0.1) is 0 Å². The highest BCUT2D eigenvalue weighted by molar-refractivity contribution is 5.97. The second-order valence-corrected chi connectivity index (χ2v) is 5.61. The number of carbonyl (C=O) groups is 1. The van der Waals surface area contributed by atoms with Gasteiger partial charge in [0.15, 0.2) is 5.58 Å². The van der Waals surface area contributed by atoms with Crippen LogP contribution in [0.2, 0.25) is 0 Å². The maximum Gasteiger partial charge on any atom is 0.270 e. The minimum atomic E-state index is 0.103. The molecule has 3 heterocycles. The number of rotatable bonds is 4. The Balaban J connectivity index is 1.85. The number of fused-ring (bicyclic) bond motifs is 1. The number of piperazine rings is 1. The molecule has 118 valence electrons. The summed E-state index contributed by atoms with van der Waals surface area (Å²) in [6.45, 7) is 9.38. The van der Waals surface area contributed by atoms with Gasteiger partial charge in [0.25, 0.3) is 5.91 Å². The lowest BCUT2D eigenvalue weighted by molar-refractivity contribution is 0.0633. The van der Waals surface area contributed by atoms with Gasteiger partial charge in [0, 0.05) is 44.9 Å². The highest BCUT2D eigenvalue weighted by Gasteiger charge is 2.25. The number of aromatic nitrogens is 1. The number of amides is 1. The number of hydrogen-bond acceptors (Lipinski definition) is 3. The van der Waals surface area contributed by atoms with Crippen LogP contribution in [0.1, 0.15) is 24.3 Å². The molecule has 22 heavy (non-hydrogen) atoms. The fourth-order valence-electron chi connectivity index (χ4n) is 2.99. The molecule has 0 saturated carbocycles. The molecule has 3 rings (SSSR count). The molecule has 0 spiro atoms. The van der Waals surface area contributed by atoms with E-state index in [4.69, 9.17) is 4.42 Å². The highest BCUT2D eigenvalue weighted by atomic mass is 16.3. The van der Waals surface area contributed by atoms with Gasteiger partial charge in [0.1, 0.15) is 5.69 Å². The van der Waals surface area contributed by atoms with Gasteiger partial charge >= 0.3 is 0 Å². The van der Waals surface area contributed by atoms with Gasteiger partial charge in [-0.1, -0.05) is 19.1 Å². The zero-order valence-electron chi connectivity index (χ0n) is 13.3. The van der Waals surface area contributed by atoms with E-state index >= 15 is 0 Å². The van der Waals surface area contributed by atoms with Gasteiger partial charge in [-0.2, -0.15) is 0 Å². The van der Waals surface area contributed by atoms with Crippen molar-refractivity contribution >= 4 is 17.0 Å². The Morgan fingerprint density at radius 1 is 1.32 bits per heavy atom. The molecule has 0 aliphatic carbocycles. The van der Waals surface area contributed by atoms with Gasteiger partial charge in [0.05, 0.1) is 11.8 Å². The van der Waals surface area contributed by atoms with Crippen LogP contribution in [-0.4, -0.2) is 53.0 Å². The van der Waals surface area contributed by atoms with E-state index in [0.717, 1.165) is 49.5 Å². The SMILES string of the molecule is C/C=C\Cn1c(C(=O)N2CCN(CC)CC2)cc2occc21. The lowest BCUT2D eigenvalue weighted by Gasteiger charge is -2.34. The van der Waals surface area contributed by atoms with E-state index in [-0.39, 0.29) is 5.91 Å². The molecule has 5 nitrogen and oxygen atoms in total. The molecule has 1 amide bonds. The number of likely N-dealkylation sites (N-methyl/N-ethyl adjacent to an activating group) is 1. The molecule has 0 bridgehead atoms. The number of furan rings is 1. The first-order valence-electron chi connectivity index (χ1n) is 7.94. The van der Waals surface area contributed by atoms with Gasteiger partial charge in [-0.25, -0.2) is 0 Å². The van der Waals surface area contributed by atoms with Crippen LogP contribution in [0.15, 0.2) is 35.0 Å². The van der Waals surface area contributed by atoms with Crippen molar-refractivity contribution in [2.24, 2.45) is 0 Å². The first-order chi connectivity index (χ1) is 10.7. The van der Waals surface area contributed by atoms with E-state index in [0.29, 0.717) is 6.54 Å². The fraction of sp³-hybridized carbons (Fsp3) is 0.471. The van der Waals surface area contributed by atoms with E-state index < -0.39 is 0 Å². The van der Waals surface area contributed by atoms with E-state index in [1.165, 1.54) is 0 Å². The molecule has 0 aromatic carbocycles. The molecule has 0 unspecified atom stereocenters. The maximum atomic E-state index is 12.9. The Kier molecular flexibility index (Phi) is 4.34. The number of allylic oxidation sites excluding steroid dienone is 2. The summed E-state index contributed by atoms with van der Waals surface area (Å²) < 4.78 is 7.50. The second kappa shape index (κ2) is 6.40. The molecule has 1 aliphatic rings. The van der Waals surface area contributed by atoms with Gasteiger partial charge in [-0.15, -0.1) is 0 Å². The average Bonchev–Trinajstić information content (AvgIpc) is 3.13. The minimum Gasteiger partial charge on any atom is -0.463 e. The number of hydrogen-bond donors (Lipinski definition) is 0. The van der Waals surface area contributed by atoms with Crippen LogP contribution in [-0.2, 0) is 6.54 Å². The molecule has 0 N–H and O–H groups in total. The van der Waals surface area contributed by atoms with Crippen LogP contribution < -0.4 is 0 Å². The first kappa shape index (κ1) is 14.9. The van der Waals surface area contributed by atoms with Crippen molar-refractivity contribution in [2.45, 2.75) is 20.4 Å². The third kappa shape index (κ3) is 2.68. The molecule has 2 aromatic heterocycles. The lowest BCUT2D eigenvalue weighted by Crippen LogP contribution is -2.48. The van der Waals surface area contributed by atoms with Crippen LogP contribution in [0.4, 0.5) is 0 Å². The Labute approximate surface area is 130 Å². The zero-order chi connectivity index (χ0) is 15.5. The van der Waals surface area contributed by atoms with E-state index in [9.17, 15) is 4.79 Å². The summed E-state index contributed by atoms with van der Waals surface area (Å²) in [5.41, 5.74) is 2.48. The smallest absolute Gasteiger partial charge is 0.270 e. The summed E-state index contributed by atoms with van der Waals surface area (Å²) in [6, 6.07) is 3.79. The molecular formula is C17H23N3O2. The van der Waals surface area contributed by atoms with Crippen molar-refractivity contribution < 1.29 is 9.21 Å². The predicted octanol–water partition coefficient (Wildman–Crippen LogP) is 2.59. The Hall–Kier alpha value is -2.01. The third-order valence-electron chi connectivity index (χ3n) is 4.37. The highest BCUT2D eigenvalue weighted by Crippen LogP contribution is 2.23. The molecule has 1 saturated heterocycles. The summed E-state index contributed by atoms with van der Waals surface area (Å²) in [4.78, 5) is 17.2. The largest absolute Gasteiger partial charge is 0.463 e. The van der Waals surface area contributed by atoms with Gasteiger partial charge in [0.2, 0.25) is 0 Å². The van der Waals surface area contributed by atoms with E-state index in [2.05, 4.69) is 17.9 Å². The summed E-state index contributed by atoms with van der Waals surface area (Å²) in [7, 11) is 0. The average molecular weight is 301 g/mol. The summed E-state index contributed by atoms with van der Waals surface area (Å²) in [5, 5.41) is 0. The Morgan fingerprint density at radius 2 is 2.09 bits per heavy atom. The van der Waals surface area contributed by atoms with Crippen molar-refractivity contribution in [2.75, 3.05) is 32.7 Å². The monoisotopic (exact) mass is 301 g/mol. The third-order valence-corrected chi connectivity index (χ3v) is 4.37. The van der Waals surface area contributed by atoms with Crippen molar-refractivity contribution in [3.05, 3.63) is 36.2 Å². The maximum absolute atomic E-state index is 12.9. The Bertz CT molecular complexity index is 675. The number of nitrogens with zero attached hydrogens (tertiary/aromatic N) is 3. The van der Waals surface area contributed by atoms with Crippen LogP contribution in [0.3, 0.4) is 0 Å². The minimum absolute atomic E-state index is 0.103. The van der Waals surface area contributed by atoms with E-state index in [1.807, 2.05) is 34.6 Å². The zero-order valence-corrected chi connectivity index (χ0v) is 13.3. The normalized spacial score (nSPS) is 16.9. The summed E-state index contributed by atoms with van der Waals surface area (Å²) in [5.74, 6) is 0.103. The predicted molar refractivity (Wildman–Crippen MR) is 87.0 cm³/mol. The van der Waals surface area contributed by atoms with Crippen molar-refractivity contribution in [1.82, 2.24) is 14.4 Å². The van der Waals surface area contributed by atoms with Crippen LogP contribution in [0.5, 0.6) is 0 Å². The van der Waals surface area contributed by atoms with Gasteiger partial charge in [-0.3, -0.25) is 4.79 Å². The fourth-order valence-corrected chi connectivity index (χ4v) is 2.99. The molecule has 1 aliphatic heterocycles. The quantitative estimate of drug-likeness (QED) is 0.815. The van der Waals surface area contributed by atoms with Crippen LogP contribution >= 0.6 is 0 Å². The van der Waals surface area contributed by atoms with Crippen molar-refractivity contribution in [3.63, 3.8) is 0 Å². The standard InChI is InChI=1S/C17H23N3O2/c1-3-5-7-20-14-6-12-22-16(14)13-15(20)17(21)19-10-8-18(4-2)9-11-19/h3,5-6,12-13H,4,7-11H2,1-2H3/b5-3-. The summed E-state index contributed by atoms with van der Waals surface area (Å²) >= 11 is 0. The van der Waals surface area contributed by atoms with Gasteiger partial charge < -0.3 is 18.8 Å².